The molecule has 0 aliphatic carbocycles. The Kier molecular flexibility index (Phi) is 3.33. The molecule has 1 amide bonds. The number of carbonyl (C=O) groups is 1. The smallest absolute Gasteiger partial charge is 0.280 e. The molecule has 1 aliphatic heterocycles. The molecule has 0 fully saturated rings. The van der Waals surface area contributed by atoms with Gasteiger partial charge in [0.1, 0.15) is 5.82 Å². The van der Waals surface area contributed by atoms with Crippen LogP contribution in [0, 0.1) is 0 Å². The van der Waals surface area contributed by atoms with Gasteiger partial charge in [-0.1, -0.05) is 30.3 Å². The van der Waals surface area contributed by atoms with Gasteiger partial charge >= 0.3 is 0 Å². The molecule has 0 radical (unpaired) electrons. The highest BCUT2D eigenvalue weighted by Gasteiger charge is 2.36. The summed E-state index contributed by atoms with van der Waals surface area (Å²) in [4.78, 5) is 25.3. The van der Waals surface area contributed by atoms with Gasteiger partial charge < -0.3 is 10.1 Å². The van der Waals surface area contributed by atoms with Crippen LogP contribution >= 0.6 is 0 Å². The summed E-state index contributed by atoms with van der Waals surface area (Å²) in [6, 6.07) is 14.7. The van der Waals surface area contributed by atoms with E-state index in [2.05, 4.69) is 9.97 Å². The summed E-state index contributed by atoms with van der Waals surface area (Å²) in [7, 11) is 0. The fourth-order valence-corrected chi connectivity index (χ4v) is 2.77. The van der Waals surface area contributed by atoms with Crippen molar-refractivity contribution in [3.05, 3.63) is 65.5 Å². The molecular weight excluding hydrogens is 294 g/mol. The Morgan fingerprint density at radius 2 is 1.96 bits per heavy atom. The van der Waals surface area contributed by atoms with Gasteiger partial charge in [0.25, 0.3) is 5.91 Å². The summed E-state index contributed by atoms with van der Waals surface area (Å²) >= 11 is 0. The van der Waals surface area contributed by atoms with E-state index in [9.17, 15) is 9.90 Å². The fourth-order valence-electron chi connectivity index (χ4n) is 2.77. The topological polar surface area (TPSA) is 78.4 Å². The Morgan fingerprint density at radius 1 is 1.17 bits per heavy atom. The van der Waals surface area contributed by atoms with E-state index in [4.69, 9.17) is 4.84 Å². The molecule has 2 heterocycles. The highest BCUT2D eigenvalue weighted by molar-refractivity contribution is 5.98. The number of H-pyrrole nitrogens is 1. The average molecular weight is 309 g/mol. The van der Waals surface area contributed by atoms with Crippen LogP contribution in [-0.2, 0) is 11.3 Å². The fraction of sp³-hybridized carbons (Fsp3) is 0.176. The molecule has 116 valence electrons. The molecule has 2 N–H and O–H groups in total. The van der Waals surface area contributed by atoms with Crippen molar-refractivity contribution in [3.63, 3.8) is 0 Å². The van der Waals surface area contributed by atoms with Crippen LogP contribution in [0.5, 0.6) is 0 Å². The van der Waals surface area contributed by atoms with E-state index >= 15 is 0 Å². The predicted molar refractivity (Wildman–Crippen MR) is 83.3 cm³/mol. The number of aliphatic hydroxyl groups is 1. The molecule has 1 unspecified atom stereocenters. The number of hydroxylamine groups is 2. The maximum absolute atomic E-state index is 12.2. The second-order valence-electron chi connectivity index (χ2n) is 5.38. The number of benzene rings is 2. The molecule has 2 aromatic carbocycles. The summed E-state index contributed by atoms with van der Waals surface area (Å²) in [5.41, 5.74) is 2.91. The summed E-state index contributed by atoms with van der Waals surface area (Å²) in [6.07, 6.45) is -0.545. The van der Waals surface area contributed by atoms with Crippen molar-refractivity contribution in [2.24, 2.45) is 0 Å². The highest BCUT2D eigenvalue weighted by atomic mass is 16.7. The van der Waals surface area contributed by atoms with E-state index in [-0.39, 0.29) is 12.5 Å². The Labute approximate surface area is 132 Å². The van der Waals surface area contributed by atoms with Crippen molar-refractivity contribution in [1.29, 1.82) is 0 Å². The normalized spacial score (nSPS) is 17.0. The van der Waals surface area contributed by atoms with Crippen LogP contribution in [-0.4, -0.2) is 32.7 Å². The van der Waals surface area contributed by atoms with Gasteiger partial charge in [0.2, 0.25) is 0 Å². The molecule has 1 aliphatic rings. The van der Waals surface area contributed by atoms with Gasteiger partial charge in [0, 0.05) is 17.5 Å². The Hall–Kier alpha value is -2.70. The van der Waals surface area contributed by atoms with Crippen molar-refractivity contribution in [3.8, 4) is 0 Å². The van der Waals surface area contributed by atoms with Gasteiger partial charge in [-0.15, -0.1) is 0 Å². The monoisotopic (exact) mass is 309 g/mol. The lowest BCUT2D eigenvalue weighted by atomic mass is 10.1. The molecule has 6 nitrogen and oxygen atoms in total. The minimum Gasteiger partial charge on any atom is -0.367 e. The lowest BCUT2D eigenvalue weighted by Gasteiger charge is -2.19. The molecule has 3 aromatic rings. The van der Waals surface area contributed by atoms with Crippen LogP contribution in [0.25, 0.3) is 11.0 Å². The number of nitrogens with zero attached hydrogens (tertiary/aromatic N) is 2. The SMILES string of the molecule is O=C1c2ccccc2C(O)N1OCCc1nc2ccccc2[nH]1. The second kappa shape index (κ2) is 5.49. The van der Waals surface area contributed by atoms with E-state index in [1.54, 1.807) is 24.3 Å². The zero-order chi connectivity index (χ0) is 15.8. The minimum atomic E-state index is -1.06. The number of aromatic amines is 1. The van der Waals surface area contributed by atoms with Crippen LogP contribution < -0.4 is 0 Å². The van der Waals surface area contributed by atoms with Crippen LogP contribution in [0.2, 0.25) is 0 Å². The standard InChI is InChI=1S/C17H15N3O3/c21-16-11-5-1-2-6-12(11)17(22)20(16)23-10-9-15-18-13-7-3-4-8-14(13)19-15/h1-8,16,21H,9-10H2,(H,18,19). The number of fused-ring (bicyclic) bond motifs is 2. The molecule has 0 saturated heterocycles. The first-order valence-electron chi connectivity index (χ1n) is 7.41. The Morgan fingerprint density at radius 3 is 2.78 bits per heavy atom. The van der Waals surface area contributed by atoms with Crippen molar-refractivity contribution in [2.75, 3.05) is 6.61 Å². The maximum atomic E-state index is 12.2. The van der Waals surface area contributed by atoms with Gasteiger partial charge in [-0.25, -0.2) is 4.98 Å². The number of amides is 1. The number of carbonyl (C=O) groups excluding carboxylic acids is 1. The first-order valence-corrected chi connectivity index (χ1v) is 7.41. The third kappa shape index (κ3) is 2.38. The van der Waals surface area contributed by atoms with Crippen LogP contribution in [0.1, 0.15) is 28.0 Å². The van der Waals surface area contributed by atoms with Gasteiger partial charge in [-0.05, 0) is 18.2 Å². The van der Waals surface area contributed by atoms with E-state index in [1.807, 2.05) is 24.3 Å². The van der Waals surface area contributed by atoms with Gasteiger partial charge in [0.15, 0.2) is 6.23 Å². The molecule has 0 saturated carbocycles. The zero-order valence-corrected chi connectivity index (χ0v) is 12.3. The average Bonchev–Trinajstić information content (AvgIpc) is 3.09. The molecule has 1 atom stereocenters. The van der Waals surface area contributed by atoms with Crippen molar-refractivity contribution >= 4 is 16.9 Å². The van der Waals surface area contributed by atoms with E-state index < -0.39 is 6.23 Å². The molecule has 0 spiro atoms. The van der Waals surface area contributed by atoms with E-state index in [0.717, 1.165) is 21.9 Å². The number of para-hydroxylation sites is 2. The number of nitrogens with one attached hydrogen (secondary N) is 1. The number of imidazole rings is 1. The van der Waals surface area contributed by atoms with E-state index in [1.165, 1.54) is 0 Å². The zero-order valence-electron chi connectivity index (χ0n) is 12.3. The first kappa shape index (κ1) is 13.9. The molecule has 23 heavy (non-hydrogen) atoms. The van der Waals surface area contributed by atoms with Crippen LogP contribution in [0.3, 0.4) is 0 Å². The Bertz CT molecular complexity index is 841. The van der Waals surface area contributed by atoms with Crippen molar-refractivity contribution < 1.29 is 14.7 Å². The predicted octanol–water partition coefficient (Wildman–Crippen LogP) is 2.18. The summed E-state index contributed by atoms with van der Waals surface area (Å²) in [5, 5.41) is 11.2. The molecular formula is C17H15N3O3. The maximum Gasteiger partial charge on any atom is 0.280 e. The quantitative estimate of drug-likeness (QED) is 0.774. The summed E-state index contributed by atoms with van der Waals surface area (Å²) in [5.74, 6) is 0.461. The number of hydrogen-bond acceptors (Lipinski definition) is 4. The molecule has 4 rings (SSSR count). The Balaban J connectivity index is 1.43. The third-order valence-electron chi connectivity index (χ3n) is 3.90. The van der Waals surface area contributed by atoms with Crippen LogP contribution in [0.4, 0.5) is 0 Å². The number of aliphatic hydroxyl groups excluding tert-OH is 1. The second-order valence-corrected chi connectivity index (χ2v) is 5.38. The largest absolute Gasteiger partial charge is 0.367 e. The number of rotatable bonds is 4. The van der Waals surface area contributed by atoms with Crippen LogP contribution in [0.15, 0.2) is 48.5 Å². The first-order chi connectivity index (χ1) is 11.2. The van der Waals surface area contributed by atoms with Gasteiger partial charge in [-0.2, -0.15) is 5.06 Å². The van der Waals surface area contributed by atoms with Gasteiger partial charge in [-0.3, -0.25) is 9.63 Å². The van der Waals surface area contributed by atoms with Crippen molar-refractivity contribution in [2.45, 2.75) is 12.6 Å². The molecule has 6 heteroatoms. The number of aromatic nitrogens is 2. The van der Waals surface area contributed by atoms with Crippen molar-refractivity contribution in [1.82, 2.24) is 15.0 Å². The molecule has 0 bridgehead atoms. The lowest BCUT2D eigenvalue weighted by Crippen LogP contribution is -2.29. The van der Waals surface area contributed by atoms with E-state index in [0.29, 0.717) is 17.5 Å². The highest BCUT2D eigenvalue weighted by Crippen LogP contribution is 2.31. The summed E-state index contributed by atoms with van der Waals surface area (Å²) in [6.45, 7) is 0.247. The summed E-state index contributed by atoms with van der Waals surface area (Å²) < 4.78 is 0. The van der Waals surface area contributed by atoms with Gasteiger partial charge in [0.05, 0.1) is 17.6 Å². The lowest BCUT2D eigenvalue weighted by molar-refractivity contribution is -0.198. The minimum absolute atomic E-state index is 0.247. The third-order valence-corrected chi connectivity index (χ3v) is 3.90. The molecule has 1 aromatic heterocycles. The number of hydrogen-bond donors (Lipinski definition) is 2.